The average Bonchev–Trinajstić information content (AvgIpc) is 2.61. The second-order valence-corrected chi connectivity index (χ2v) is 5.83. The van der Waals surface area contributed by atoms with Gasteiger partial charge in [-0.05, 0) is 42.8 Å². The van der Waals surface area contributed by atoms with Gasteiger partial charge in [-0.2, -0.15) is 0 Å². The average molecular weight is 323 g/mol. The van der Waals surface area contributed by atoms with Gasteiger partial charge in [0, 0.05) is 24.3 Å². The first kappa shape index (κ1) is 16.0. The van der Waals surface area contributed by atoms with Crippen LogP contribution in [0.4, 0.5) is 11.4 Å². The van der Waals surface area contributed by atoms with Gasteiger partial charge in [-0.3, -0.25) is 9.80 Å². The first-order valence-electron chi connectivity index (χ1n) is 8.00. The number of nitrogens with zero attached hydrogens (tertiary/aromatic N) is 4. The van der Waals surface area contributed by atoms with Crippen molar-refractivity contribution in [3.05, 3.63) is 59.7 Å². The molecule has 1 amide bonds. The maximum atomic E-state index is 11.0. The number of benzene rings is 2. The number of carbonyl (C=O) groups is 1. The number of aryl methyl sites for hydroxylation is 1. The summed E-state index contributed by atoms with van der Waals surface area (Å²) in [5.74, 6) is -0.439. The van der Waals surface area contributed by atoms with Crippen molar-refractivity contribution in [1.29, 1.82) is 0 Å². The van der Waals surface area contributed by atoms with Crippen LogP contribution in [-0.2, 0) is 0 Å². The number of nitrogens with two attached hydrogens (primary N) is 1. The molecule has 3 rings (SSSR count). The maximum Gasteiger partial charge on any atom is 0.248 e. The van der Waals surface area contributed by atoms with Crippen LogP contribution in [0.2, 0.25) is 0 Å². The molecule has 1 aliphatic rings. The van der Waals surface area contributed by atoms with Crippen LogP contribution in [0.1, 0.15) is 15.9 Å². The highest BCUT2D eigenvalue weighted by Crippen LogP contribution is 2.21. The fourth-order valence-corrected chi connectivity index (χ4v) is 2.75. The Kier molecular flexibility index (Phi) is 4.74. The van der Waals surface area contributed by atoms with Crippen molar-refractivity contribution in [1.82, 2.24) is 5.01 Å². The van der Waals surface area contributed by atoms with Crippen molar-refractivity contribution in [2.75, 3.05) is 31.1 Å². The van der Waals surface area contributed by atoms with Gasteiger partial charge in [0.1, 0.15) is 0 Å². The fourth-order valence-electron chi connectivity index (χ4n) is 2.75. The molecule has 124 valence electrons. The van der Waals surface area contributed by atoms with Crippen molar-refractivity contribution < 1.29 is 4.79 Å². The molecule has 6 heteroatoms. The lowest BCUT2D eigenvalue weighted by Crippen LogP contribution is -2.44. The van der Waals surface area contributed by atoms with E-state index in [0.29, 0.717) is 11.3 Å². The van der Waals surface area contributed by atoms with Crippen LogP contribution in [-0.4, -0.2) is 37.1 Å². The normalized spacial score (nSPS) is 15.0. The van der Waals surface area contributed by atoms with Crippen LogP contribution in [0.5, 0.6) is 0 Å². The van der Waals surface area contributed by atoms with Gasteiger partial charge < -0.3 is 10.6 Å². The Morgan fingerprint density at radius 2 is 1.67 bits per heavy atom. The predicted molar refractivity (Wildman–Crippen MR) is 94.4 cm³/mol. The van der Waals surface area contributed by atoms with Gasteiger partial charge in [0.2, 0.25) is 5.91 Å². The fraction of sp³-hybridized carbons (Fsp3) is 0.278. The number of amides is 1. The monoisotopic (exact) mass is 323 g/mol. The number of rotatable bonds is 4. The molecule has 0 unspecified atom stereocenters. The molecule has 0 aromatic heterocycles. The summed E-state index contributed by atoms with van der Waals surface area (Å²) < 4.78 is 0. The summed E-state index contributed by atoms with van der Waals surface area (Å²) in [5, 5.41) is 10.5. The number of anilines is 1. The second-order valence-electron chi connectivity index (χ2n) is 5.83. The number of hydrogen-bond donors (Lipinski definition) is 1. The number of carbonyl (C=O) groups excluding carboxylic acids is 1. The third-order valence-electron chi connectivity index (χ3n) is 4.15. The Bertz CT molecular complexity index is 733. The lowest BCUT2D eigenvalue weighted by atomic mass is 10.1. The molecule has 6 nitrogen and oxygen atoms in total. The van der Waals surface area contributed by atoms with Gasteiger partial charge >= 0.3 is 0 Å². The van der Waals surface area contributed by atoms with E-state index in [1.54, 1.807) is 24.3 Å². The molecule has 0 radical (unpaired) electrons. The van der Waals surface area contributed by atoms with Crippen LogP contribution in [0.3, 0.4) is 0 Å². The molecule has 0 bridgehead atoms. The van der Waals surface area contributed by atoms with Gasteiger partial charge in [0.25, 0.3) is 0 Å². The summed E-state index contributed by atoms with van der Waals surface area (Å²) in [6.07, 6.45) is 0. The van der Waals surface area contributed by atoms with Crippen molar-refractivity contribution in [3.8, 4) is 0 Å². The molecule has 2 N–H and O–H groups in total. The van der Waals surface area contributed by atoms with E-state index in [-0.39, 0.29) is 0 Å². The highest BCUT2D eigenvalue weighted by molar-refractivity contribution is 5.92. The highest BCUT2D eigenvalue weighted by Gasteiger charge is 2.17. The minimum atomic E-state index is -0.439. The van der Waals surface area contributed by atoms with E-state index in [2.05, 4.69) is 46.4 Å². The van der Waals surface area contributed by atoms with E-state index >= 15 is 0 Å². The van der Waals surface area contributed by atoms with E-state index in [0.717, 1.165) is 26.2 Å². The molecular weight excluding hydrogens is 302 g/mol. The van der Waals surface area contributed by atoms with E-state index < -0.39 is 5.91 Å². The Morgan fingerprint density at radius 1 is 1.00 bits per heavy atom. The van der Waals surface area contributed by atoms with Gasteiger partial charge in [0.15, 0.2) is 0 Å². The number of para-hydroxylation sites is 1. The summed E-state index contributed by atoms with van der Waals surface area (Å²) in [7, 11) is 0. The maximum absolute atomic E-state index is 11.0. The van der Waals surface area contributed by atoms with Crippen LogP contribution >= 0.6 is 0 Å². The topological polar surface area (TPSA) is 74.3 Å². The van der Waals surface area contributed by atoms with E-state index in [4.69, 9.17) is 5.73 Å². The zero-order valence-corrected chi connectivity index (χ0v) is 13.7. The van der Waals surface area contributed by atoms with E-state index in [1.807, 2.05) is 5.01 Å². The minimum Gasteiger partial charge on any atom is -0.368 e. The Balaban J connectivity index is 1.57. The third kappa shape index (κ3) is 3.71. The smallest absolute Gasteiger partial charge is 0.248 e. The summed E-state index contributed by atoms with van der Waals surface area (Å²) in [4.78, 5) is 13.4. The first-order valence-corrected chi connectivity index (χ1v) is 8.00. The van der Waals surface area contributed by atoms with Crippen molar-refractivity contribution >= 4 is 17.3 Å². The van der Waals surface area contributed by atoms with Crippen LogP contribution in [0, 0.1) is 6.92 Å². The zero-order chi connectivity index (χ0) is 16.9. The van der Waals surface area contributed by atoms with Crippen LogP contribution < -0.4 is 10.6 Å². The van der Waals surface area contributed by atoms with Crippen molar-refractivity contribution in [2.45, 2.75) is 6.92 Å². The minimum absolute atomic E-state index is 0.439. The van der Waals surface area contributed by atoms with Crippen molar-refractivity contribution in [2.24, 2.45) is 16.1 Å². The standard InChI is InChI=1S/C18H21N5O/c1-14-4-2-3-5-17(14)22-10-12-23(13-11-22)21-20-16-8-6-15(7-9-16)18(19)24/h2-9H,10-13H2,1H3,(H2,19,24)/b21-20+. The molecule has 0 spiro atoms. The molecule has 0 atom stereocenters. The largest absolute Gasteiger partial charge is 0.368 e. The highest BCUT2D eigenvalue weighted by atomic mass is 16.1. The molecule has 1 heterocycles. The van der Waals surface area contributed by atoms with Gasteiger partial charge in [-0.25, -0.2) is 0 Å². The molecule has 1 fully saturated rings. The molecule has 0 saturated carbocycles. The number of hydrogen-bond acceptors (Lipinski definition) is 4. The lowest BCUT2D eigenvalue weighted by molar-refractivity contribution is 0.100. The Hall–Kier alpha value is -2.89. The summed E-state index contributed by atoms with van der Waals surface area (Å²) in [5.41, 5.74) is 8.98. The van der Waals surface area contributed by atoms with E-state index in [1.165, 1.54) is 11.3 Å². The van der Waals surface area contributed by atoms with Gasteiger partial charge in [-0.15, -0.1) is 5.11 Å². The zero-order valence-electron chi connectivity index (χ0n) is 13.7. The Morgan fingerprint density at radius 3 is 2.29 bits per heavy atom. The molecule has 0 aliphatic carbocycles. The van der Waals surface area contributed by atoms with Crippen molar-refractivity contribution in [3.63, 3.8) is 0 Å². The summed E-state index contributed by atoms with van der Waals surface area (Å²) >= 11 is 0. The molecule has 2 aromatic carbocycles. The summed E-state index contributed by atoms with van der Waals surface area (Å²) in [6, 6.07) is 15.2. The Labute approximate surface area is 141 Å². The quantitative estimate of drug-likeness (QED) is 0.879. The summed E-state index contributed by atoms with van der Waals surface area (Å²) in [6.45, 7) is 5.64. The second kappa shape index (κ2) is 7.12. The molecular formula is C18H21N5O. The SMILES string of the molecule is Cc1ccccc1N1CCN(/N=N/c2ccc(C(N)=O)cc2)CC1. The molecule has 1 saturated heterocycles. The molecule has 2 aromatic rings. The van der Waals surface area contributed by atoms with Crippen LogP contribution in [0.25, 0.3) is 0 Å². The van der Waals surface area contributed by atoms with Gasteiger partial charge in [-0.1, -0.05) is 23.4 Å². The van der Waals surface area contributed by atoms with Crippen LogP contribution in [0.15, 0.2) is 58.9 Å². The van der Waals surface area contributed by atoms with Gasteiger partial charge in [0.05, 0.1) is 18.8 Å². The molecule has 1 aliphatic heterocycles. The van der Waals surface area contributed by atoms with E-state index in [9.17, 15) is 4.79 Å². The lowest BCUT2D eigenvalue weighted by Gasteiger charge is -2.34. The predicted octanol–water partition coefficient (Wildman–Crippen LogP) is 2.91. The molecule has 24 heavy (non-hydrogen) atoms. The number of primary amides is 1. The third-order valence-corrected chi connectivity index (χ3v) is 4.15. The number of piperazine rings is 1. The first-order chi connectivity index (χ1) is 11.6.